The molecule has 0 aliphatic carbocycles. The first-order chi connectivity index (χ1) is 16.4. The van der Waals surface area contributed by atoms with Gasteiger partial charge in [-0.1, -0.05) is 23.8 Å². The number of rotatable bonds is 9. The van der Waals surface area contributed by atoms with Crippen molar-refractivity contribution in [3.8, 4) is 0 Å². The molecule has 3 rings (SSSR count). The lowest BCUT2D eigenvalue weighted by molar-refractivity contribution is -0.124. The Labute approximate surface area is 199 Å². The number of hydrogen-bond donors (Lipinski definition) is 2. The third kappa shape index (κ3) is 6.87. The minimum atomic E-state index is -0.720. The lowest BCUT2D eigenvalue weighted by Crippen LogP contribution is -2.54. The maximum Gasteiger partial charge on any atom is 0.253 e. The van der Waals surface area contributed by atoms with Gasteiger partial charge in [-0.05, 0) is 62.4 Å². The Morgan fingerprint density at radius 2 is 1.79 bits per heavy atom. The summed E-state index contributed by atoms with van der Waals surface area (Å²) in [5, 5.41) is 5.81. The Bertz CT molecular complexity index is 1010. The van der Waals surface area contributed by atoms with Crippen LogP contribution in [0.4, 0.5) is 4.39 Å². The van der Waals surface area contributed by atoms with Gasteiger partial charge in [0.25, 0.3) is 11.8 Å². The summed E-state index contributed by atoms with van der Waals surface area (Å²) in [5.74, 6) is -1.37. The second-order valence-electron chi connectivity index (χ2n) is 8.60. The highest BCUT2D eigenvalue weighted by atomic mass is 19.1. The molecular formula is C26H32FN3O4. The van der Waals surface area contributed by atoms with E-state index in [0.717, 1.165) is 5.56 Å². The van der Waals surface area contributed by atoms with E-state index in [2.05, 4.69) is 10.6 Å². The molecule has 3 amide bonds. The summed E-state index contributed by atoms with van der Waals surface area (Å²) in [6, 6.07) is 12.1. The average molecular weight is 470 g/mol. The van der Waals surface area contributed by atoms with Crippen molar-refractivity contribution in [2.24, 2.45) is 5.92 Å². The van der Waals surface area contributed by atoms with Crippen LogP contribution in [0.3, 0.4) is 0 Å². The molecule has 8 heteroatoms. The SMILES string of the molecule is COCCCNC(=O)[C@H](NC(=O)c1cccc(C)c1)C1CCN(C(=O)c2cccc(F)c2)CC1. The highest BCUT2D eigenvalue weighted by Crippen LogP contribution is 2.23. The number of carbonyl (C=O) groups is 3. The van der Waals surface area contributed by atoms with E-state index in [-0.39, 0.29) is 23.6 Å². The third-order valence-corrected chi connectivity index (χ3v) is 6.04. The largest absolute Gasteiger partial charge is 0.385 e. The Morgan fingerprint density at radius 1 is 1.09 bits per heavy atom. The normalized spacial score (nSPS) is 15.0. The van der Waals surface area contributed by atoms with Gasteiger partial charge in [-0.3, -0.25) is 14.4 Å². The monoisotopic (exact) mass is 469 g/mol. The third-order valence-electron chi connectivity index (χ3n) is 6.04. The van der Waals surface area contributed by atoms with Crippen LogP contribution >= 0.6 is 0 Å². The Hall–Kier alpha value is -3.26. The fourth-order valence-corrected chi connectivity index (χ4v) is 4.19. The number of benzene rings is 2. The number of likely N-dealkylation sites (tertiary alicyclic amines) is 1. The average Bonchev–Trinajstić information content (AvgIpc) is 2.84. The van der Waals surface area contributed by atoms with Crippen molar-refractivity contribution in [2.75, 3.05) is 33.4 Å². The molecule has 2 N–H and O–H groups in total. The lowest BCUT2D eigenvalue weighted by atomic mass is 9.88. The van der Waals surface area contributed by atoms with Crippen LogP contribution in [0.15, 0.2) is 48.5 Å². The molecule has 182 valence electrons. The van der Waals surface area contributed by atoms with Gasteiger partial charge < -0.3 is 20.3 Å². The molecule has 2 aromatic carbocycles. The minimum absolute atomic E-state index is 0.132. The fourth-order valence-electron chi connectivity index (χ4n) is 4.19. The van der Waals surface area contributed by atoms with Crippen molar-refractivity contribution in [2.45, 2.75) is 32.2 Å². The van der Waals surface area contributed by atoms with Gasteiger partial charge in [0.2, 0.25) is 5.91 Å². The van der Waals surface area contributed by atoms with E-state index in [9.17, 15) is 18.8 Å². The number of halogens is 1. The summed E-state index contributed by atoms with van der Waals surface area (Å²) in [6.07, 6.45) is 1.76. The van der Waals surface area contributed by atoms with Crippen LogP contribution in [0.25, 0.3) is 0 Å². The minimum Gasteiger partial charge on any atom is -0.385 e. The number of aryl methyl sites for hydroxylation is 1. The molecule has 2 aromatic rings. The van der Waals surface area contributed by atoms with E-state index >= 15 is 0 Å². The van der Waals surface area contributed by atoms with Crippen molar-refractivity contribution in [1.29, 1.82) is 0 Å². The predicted molar refractivity (Wildman–Crippen MR) is 127 cm³/mol. The van der Waals surface area contributed by atoms with Gasteiger partial charge in [-0.15, -0.1) is 0 Å². The Morgan fingerprint density at radius 3 is 2.47 bits per heavy atom. The zero-order valence-corrected chi connectivity index (χ0v) is 19.7. The molecule has 0 aromatic heterocycles. The van der Waals surface area contributed by atoms with Gasteiger partial charge in [-0.2, -0.15) is 0 Å². The molecule has 1 aliphatic rings. The molecule has 1 atom stereocenters. The van der Waals surface area contributed by atoms with E-state index in [0.29, 0.717) is 56.6 Å². The molecule has 1 aliphatic heterocycles. The summed E-state index contributed by atoms with van der Waals surface area (Å²) in [4.78, 5) is 40.4. The summed E-state index contributed by atoms with van der Waals surface area (Å²) >= 11 is 0. The molecule has 1 saturated heterocycles. The molecule has 0 unspecified atom stereocenters. The second-order valence-corrected chi connectivity index (χ2v) is 8.60. The topological polar surface area (TPSA) is 87.7 Å². The molecule has 1 fully saturated rings. The lowest BCUT2D eigenvalue weighted by Gasteiger charge is -2.36. The smallest absolute Gasteiger partial charge is 0.253 e. The highest BCUT2D eigenvalue weighted by Gasteiger charge is 2.34. The Kier molecular flexibility index (Phi) is 9.16. The zero-order chi connectivity index (χ0) is 24.5. The molecule has 7 nitrogen and oxygen atoms in total. The van der Waals surface area contributed by atoms with Gasteiger partial charge in [0.1, 0.15) is 11.9 Å². The van der Waals surface area contributed by atoms with Crippen molar-refractivity contribution in [1.82, 2.24) is 15.5 Å². The first-order valence-corrected chi connectivity index (χ1v) is 11.6. The maximum atomic E-state index is 13.5. The summed E-state index contributed by atoms with van der Waals surface area (Å²) < 4.78 is 18.6. The van der Waals surface area contributed by atoms with Crippen LogP contribution in [-0.2, 0) is 9.53 Å². The van der Waals surface area contributed by atoms with E-state index in [1.165, 1.54) is 18.2 Å². The number of nitrogens with one attached hydrogen (secondary N) is 2. The number of hydrogen-bond acceptors (Lipinski definition) is 4. The van der Waals surface area contributed by atoms with Crippen LogP contribution in [-0.4, -0.2) is 62.0 Å². The van der Waals surface area contributed by atoms with Gasteiger partial charge >= 0.3 is 0 Å². The second kappa shape index (κ2) is 12.3. The number of carbonyl (C=O) groups excluding carboxylic acids is 3. The standard InChI is InChI=1S/C26H32FN3O4/c1-18-6-3-7-20(16-18)24(31)29-23(25(32)28-12-5-15-34-2)19-10-13-30(14-11-19)26(33)21-8-4-9-22(27)17-21/h3-4,6-9,16-17,19,23H,5,10-15H2,1-2H3,(H,28,32)(H,29,31)/t23-/m1/s1. The number of ether oxygens (including phenoxy) is 1. The predicted octanol–water partition coefficient (Wildman–Crippen LogP) is 2.94. The number of nitrogens with zero attached hydrogens (tertiary/aromatic N) is 1. The van der Waals surface area contributed by atoms with E-state index in [1.807, 2.05) is 13.0 Å². The maximum absolute atomic E-state index is 13.5. The van der Waals surface area contributed by atoms with Crippen molar-refractivity contribution >= 4 is 17.7 Å². The van der Waals surface area contributed by atoms with Crippen LogP contribution in [0, 0.1) is 18.7 Å². The van der Waals surface area contributed by atoms with E-state index in [4.69, 9.17) is 4.74 Å². The summed E-state index contributed by atoms with van der Waals surface area (Å²) in [5.41, 5.74) is 1.76. The highest BCUT2D eigenvalue weighted by molar-refractivity contribution is 5.98. The van der Waals surface area contributed by atoms with Crippen LogP contribution in [0.1, 0.15) is 45.5 Å². The summed E-state index contributed by atoms with van der Waals surface area (Å²) in [6.45, 7) is 3.73. The molecule has 0 spiro atoms. The van der Waals surface area contributed by atoms with Crippen molar-refractivity contribution < 1.29 is 23.5 Å². The quantitative estimate of drug-likeness (QED) is 0.553. The number of piperidine rings is 1. The molecule has 0 bridgehead atoms. The number of amides is 3. The van der Waals surface area contributed by atoms with E-state index < -0.39 is 11.9 Å². The van der Waals surface area contributed by atoms with E-state index in [1.54, 1.807) is 36.3 Å². The first-order valence-electron chi connectivity index (χ1n) is 11.6. The molecular weight excluding hydrogens is 437 g/mol. The molecule has 1 heterocycles. The van der Waals surface area contributed by atoms with Gasteiger partial charge in [-0.25, -0.2) is 4.39 Å². The van der Waals surface area contributed by atoms with Crippen LogP contribution in [0.2, 0.25) is 0 Å². The molecule has 0 radical (unpaired) electrons. The summed E-state index contributed by atoms with van der Waals surface area (Å²) in [7, 11) is 1.60. The van der Waals surface area contributed by atoms with Crippen molar-refractivity contribution in [3.05, 3.63) is 71.0 Å². The van der Waals surface area contributed by atoms with Crippen LogP contribution in [0.5, 0.6) is 0 Å². The van der Waals surface area contributed by atoms with Gasteiger partial charge in [0.15, 0.2) is 0 Å². The zero-order valence-electron chi connectivity index (χ0n) is 19.7. The fraction of sp³-hybridized carbons (Fsp3) is 0.423. The number of methoxy groups -OCH3 is 1. The molecule has 34 heavy (non-hydrogen) atoms. The van der Waals surface area contributed by atoms with Gasteiger partial charge in [0, 0.05) is 44.5 Å². The molecule has 0 saturated carbocycles. The first kappa shape index (κ1) is 25.4. The van der Waals surface area contributed by atoms with Gasteiger partial charge in [0.05, 0.1) is 0 Å². The Balaban J connectivity index is 1.67. The van der Waals surface area contributed by atoms with Crippen molar-refractivity contribution in [3.63, 3.8) is 0 Å². The van der Waals surface area contributed by atoms with Crippen LogP contribution < -0.4 is 10.6 Å².